The summed E-state index contributed by atoms with van der Waals surface area (Å²) in [6.45, 7) is 4.80. The maximum Gasteiger partial charge on any atom is 0.307 e. The first-order valence-electron chi connectivity index (χ1n) is 5.31. The van der Waals surface area contributed by atoms with Crippen molar-refractivity contribution in [2.24, 2.45) is 11.8 Å². The number of carbonyl (C=O) groups is 1. The number of nitriles is 1. The Labute approximate surface area is 102 Å². The number of carboxylic acid groups (broad SMARTS) is 1. The van der Waals surface area contributed by atoms with Crippen LogP contribution in [0.2, 0.25) is 0 Å². The van der Waals surface area contributed by atoms with Gasteiger partial charge in [-0.15, -0.1) is 0 Å². The van der Waals surface area contributed by atoms with E-state index in [-0.39, 0.29) is 12.5 Å². The molecule has 7 heteroatoms. The molecule has 0 aromatic carbocycles. The van der Waals surface area contributed by atoms with Crippen molar-refractivity contribution in [1.29, 1.82) is 5.26 Å². The molecule has 0 saturated heterocycles. The lowest BCUT2D eigenvalue weighted by molar-refractivity contribution is -0.142. The predicted molar refractivity (Wildman–Crippen MR) is 62.6 cm³/mol. The summed E-state index contributed by atoms with van der Waals surface area (Å²) in [7, 11) is -3.75. The Morgan fingerprint density at radius 3 is 2.29 bits per heavy atom. The van der Waals surface area contributed by atoms with E-state index in [0.29, 0.717) is 6.42 Å². The van der Waals surface area contributed by atoms with Crippen molar-refractivity contribution in [2.45, 2.75) is 32.4 Å². The predicted octanol–water partition coefficient (Wildman–Crippen LogP) is 0.565. The lowest BCUT2D eigenvalue weighted by atomic mass is 9.98. The van der Waals surface area contributed by atoms with Gasteiger partial charge < -0.3 is 5.11 Å². The average Bonchev–Trinajstić information content (AvgIpc) is 2.22. The molecule has 0 aliphatic rings. The third-order valence-electron chi connectivity index (χ3n) is 2.28. The molecule has 2 N–H and O–H groups in total. The summed E-state index contributed by atoms with van der Waals surface area (Å²) >= 11 is 0. The number of sulfonamides is 1. The third-order valence-corrected chi connectivity index (χ3v) is 3.89. The Kier molecular flexibility index (Phi) is 6.13. The first-order chi connectivity index (χ1) is 7.70. The fraction of sp³-hybridized carbons (Fsp3) is 0.800. The van der Waals surface area contributed by atoms with Crippen LogP contribution in [0.4, 0.5) is 0 Å². The lowest BCUT2D eigenvalue weighted by Gasteiger charge is -2.16. The van der Waals surface area contributed by atoms with Crippen molar-refractivity contribution >= 4 is 16.0 Å². The number of hydrogen-bond acceptors (Lipinski definition) is 4. The SMILES string of the molecule is CC(C)CC(CNS(=O)(=O)C(C)C#N)C(=O)O. The van der Waals surface area contributed by atoms with E-state index in [1.54, 1.807) is 6.07 Å². The molecule has 0 fully saturated rings. The largest absolute Gasteiger partial charge is 0.481 e. The minimum atomic E-state index is -3.75. The van der Waals surface area contributed by atoms with Gasteiger partial charge in [0, 0.05) is 6.54 Å². The maximum atomic E-state index is 11.4. The molecule has 98 valence electrons. The molecular formula is C10H18N2O4S. The van der Waals surface area contributed by atoms with Gasteiger partial charge in [-0.2, -0.15) is 5.26 Å². The molecule has 0 spiro atoms. The van der Waals surface area contributed by atoms with E-state index in [4.69, 9.17) is 10.4 Å². The van der Waals surface area contributed by atoms with Gasteiger partial charge in [-0.1, -0.05) is 13.8 Å². The number of hydrogen-bond donors (Lipinski definition) is 2. The van der Waals surface area contributed by atoms with Crippen LogP contribution in [-0.4, -0.2) is 31.3 Å². The highest BCUT2D eigenvalue weighted by atomic mass is 32.2. The van der Waals surface area contributed by atoms with Crippen molar-refractivity contribution in [3.05, 3.63) is 0 Å². The second kappa shape index (κ2) is 6.57. The number of nitrogens with zero attached hydrogens (tertiary/aromatic N) is 1. The number of nitrogens with one attached hydrogen (secondary N) is 1. The summed E-state index contributed by atoms with van der Waals surface area (Å²) in [5.41, 5.74) is 0. The molecule has 0 radical (unpaired) electrons. The zero-order valence-corrected chi connectivity index (χ0v) is 11.0. The van der Waals surface area contributed by atoms with Gasteiger partial charge in [0.05, 0.1) is 12.0 Å². The Morgan fingerprint density at radius 1 is 1.41 bits per heavy atom. The summed E-state index contributed by atoms with van der Waals surface area (Å²) in [6.07, 6.45) is 0.388. The minimum Gasteiger partial charge on any atom is -0.481 e. The molecule has 0 aromatic rings. The maximum absolute atomic E-state index is 11.4. The Balaban J connectivity index is 4.52. The van der Waals surface area contributed by atoms with E-state index in [0.717, 1.165) is 0 Å². The Hall–Kier alpha value is -1.13. The minimum absolute atomic E-state index is 0.161. The van der Waals surface area contributed by atoms with Gasteiger partial charge in [-0.05, 0) is 19.3 Å². The third kappa shape index (κ3) is 5.65. The van der Waals surface area contributed by atoms with Gasteiger partial charge in [-0.3, -0.25) is 4.79 Å². The first-order valence-corrected chi connectivity index (χ1v) is 6.86. The molecule has 0 saturated carbocycles. The van der Waals surface area contributed by atoms with Gasteiger partial charge in [0.15, 0.2) is 5.25 Å². The summed E-state index contributed by atoms with van der Waals surface area (Å²) in [4.78, 5) is 10.9. The van der Waals surface area contributed by atoms with E-state index in [2.05, 4.69) is 4.72 Å². The summed E-state index contributed by atoms with van der Waals surface area (Å²) < 4.78 is 25.1. The van der Waals surface area contributed by atoms with E-state index >= 15 is 0 Å². The van der Waals surface area contributed by atoms with Crippen molar-refractivity contribution in [3.63, 3.8) is 0 Å². The van der Waals surface area contributed by atoms with E-state index in [1.807, 2.05) is 13.8 Å². The van der Waals surface area contributed by atoms with Gasteiger partial charge >= 0.3 is 5.97 Å². The van der Waals surface area contributed by atoms with Crippen molar-refractivity contribution in [3.8, 4) is 6.07 Å². The van der Waals surface area contributed by atoms with Gasteiger partial charge in [0.1, 0.15) is 0 Å². The van der Waals surface area contributed by atoms with Crippen LogP contribution >= 0.6 is 0 Å². The number of carboxylic acids is 1. The van der Waals surface area contributed by atoms with Crippen LogP contribution in [0, 0.1) is 23.2 Å². The molecule has 0 rings (SSSR count). The van der Waals surface area contributed by atoms with Crippen LogP contribution in [0.3, 0.4) is 0 Å². The standard InChI is InChI=1S/C10H18N2O4S/c1-7(2)4-9(10(13)14)6-12-17(15,16)8(3)5-11/h7-9,12H,4,6H2,1-3H3,(H,13,14). The molecule has 17 heavy (non-hydrogen) atoms. The second-order valence-electron chi connectivity index (χ2n) is 4.33. The van der Waals surface area contributed by atoms with Crippen LogP contribution in [0.1, 0.15) is 27.2 Å². The Morgan fingerprint density at radius 2 is 1.94 bits per heavy atom. The highest BCUT2D eigenvalue weighted by Crippen LogP contribution is 2.12. The van der Waals surface area contributed by atoms with Gasteiger partial charge in [-0.25, -0.2) is 13.1 Å². The number of rotatable bonds is 7. The zero-order valence-electron chi connectivity index (χ0n) is 10.2. The van der Waals surface area contributed by atoms with Crippen molar-refractivity contribution in [2.75, 3.05) is 6.54 Å². The molecule has 2 unspecified atom stereocenters. The van der Waals surface area contributed by atoms with E-state index < -0.39 is 27.2 Å². The van der Waals surface area contributed by atoms with Crippen LogP contribution in [-0.2, 0) is 14.8 Å². The highest BCUT2D eigenvalue weighted by molar-refractivity contribution is 7.90. The normalized spacial score (nSPS) is 15.2. The summed E-state index contributed by atoms with van der Waals surface area (Å²) in [5.74, 6) is -1.64. The van der Waals surface area contributed by atoms with Crippen LogP contribution in [0.15, 0.2) is 0 Å². The smallest absolute Gasteiger partial charge is 0.307 e. The molecule has 6 nitrogen and oxygen atoms in total. The molecule has 0 amide bonds. The monoisotopic (exact) mass is 262 g/mol. The first kappa shape index (κ1) is 15.9. The molecule has 0 aliphatic heterocycles. The zero-order chi connectivity index (χ0) is 13.6. The van der Waals surface area contributed by atoms with Crippen LogP contribution < -0.4 is 4.72 Å². The van der Waals surface area contributed by atoms with Crippen molar-refractivity contribution in [1.82, 2.24) is 4.72 Å². The van der Waals surface area contributed by atoms with E-state index in [1.165, 1.54) is 6.92 Å². The van der Waals surface area contributed by atoms with E-state index in [9.17, 15) is 13.2 Å². The summed E-state index contributed by atoms with van der Waals surface area (Å²) in [5, 5.41) is 16.2. The fourth-order valence-electron chi connectivity index (χ4n) is 1.25. The fourth-order valence-corrected chi connectivity index (χ4v) is 2.07. The molecule has 0 bridgehead atoms. The molecular weight excluding hydrogens is 244 g/mol. The second-order valence-corrected chi connectivity index (χ2v) is 6.42. The average molecular weight is 262 g/mol. The van der Waals surface area contributed by atoms with Crippen LogP contribution in [0.5, 0.6) is 0 Å². The van der Waals surface area contributed by atoms with Gasteiger partial charge in [0.25, 0.3) is 0 Å². The quantitative estimate of drug-likeness (QED) is 0.697. The molecule has 0 aliphatic carbocycles. The molecule has 0 heterocycles. The Bertz CT molecular complexity index is 397. The molecule has 0 aromatic heterocycles. The van der Waals surface area contributed by atoms with Crippen molar-refractivity contribution < 1.29 is 18.3 Å². The highest BCUT2D eigenvalue weighted by Gasteiger charge is 2.24. The van der Waals surface area contributed by atoms with Gasteiger partial charge in [0.2, 0.25) is 10.0 Å². The topological polar surface area (TPSA) is 107 Å². The lowest BCUT2D eigenvalue weighted by Crippen LogP contribution is -2.37. The number of aliphatic carboxylic acids is 1. The molecule has 2 atom stereocenters. The summed E-state index contributed by atoms with van der Waals surface area (Å²) in [6, 6.07) is 1.60. The van der Waals surface area contributed by atoms with Crippen LogP contribution in [0.25, 0.3) is 0 Å².